The van der Waals surface area contributed by atoms with Crippen LogP contribution in [-0.2, 0) is 0 Å². The Morgan fingerprint density at radius 1 is 1.29 bits per heavy atom. The van der Waals surface area contributed by atoms with Gasteiger partial charge >= 0.3 is 0 Å². The molecule has 4 nitrogen and oxygen atoms in total. The minimum atomic E-state index is 0.362. The van der Waals surface area contributed by atoms with E-state index in [2.05, 4.69) is 16.4 Å². The second kappa shape index (κ2) is 3.20. The molecule has 0 unspecified atom stereocenters. The predicted molar refractivity (Wildman–Crippen MR) is 51.0 cm³/mol. The summed E-state index contributed by atoms with van der Waals surface area (Å²) in [4.78, 5) is 4.08. The van der Waals surface area contributed by atoms with Gasteiger partial charge in [-0.3, -0.25) is 0 Å². The van der Waals surface area contributed by atoms with Crippen LogP contribution in [0.1, 0.15) is 11.4 Å². The first-order chi connectivity index (χ1) is 6.83. The van der Waals surface area contributed by atoms with Gasteiger partial charge in [-0.05, 0) is 18.2 Å². The van der Waals surface area contributed by atoms with Crippen LogP contribution < -0.4 is 5.32 Å². The predicted octanol–water partition coefficient (Wildman–Crippen LogP) is 1.29. The quantitative estimate of drug-likeness (QED) is 0.656. The zero-order chi connectivity index (χ0) is 9.97. The Bertz CT molecular complexity index is 488. The van der Waals surface area contributed by atoms with Crippen molar-refractivity contribution >= 4 is 11.8 Å². The van der Waals surface area contributed by atoms with Crippen molar-refractivity contribution in [1.82, 2.24) is 4.98 Å². The lowest BCUT2D eigenvalue weighted by atomic mass is 10.1. The number of pyridine rings is 1. The lowest BCUT2D eigenvalue weighted by Crippen LogP contribution is -2.10. The summed E-state index contributed by atoms with van der Waals surface area (Å²) in [6.07, 6.45) is 1.70. The van der Waals surface area contributed by atoms with Crippen LogP contribution in [0.5, 0.6) is 0 Å². The van der Waals surface area contributed by atoms with Crippen LogP contribution >= 0.6 is 0 Å². The molecule has 0 aromatic carbocycles. The highest BCUT2D eigenvalue weighted by molar-refractivity contribution is 5.71. The van der Waals surface area contributed by atoms with E-state index >= 15 is 0 Å². The van der Waals surface area contributed by atoms with Gasteiger partial charge in [0.15, 0.2) is 0 Å². The lowest BCUT2D eigenvalue weighted by molar-refractivity contribution is 1.17. The number of nitrogens with zero attached hydrogens (tertiary/aromatic N) is 3. The van der Waals surface area contributed by atoms with Crippen LogP contribution in [0.15, 0.2) is 17.7 Å². The normalized spacial score (nSPS) is 12.9. The van der Waals surface area contributed by atoms with E-state index in [1.165, 1.54) is 0 Å². The van der Waals surface area contributed by atoms with Gasteiger partial charge in [-0.1, -0.05) is 0 Å². The van der Waals surface area contributed by atoms with Crippen molar-refractivity contribution in [3.63, 3.8) is 0 Å². The Hall–Kier alpha value is -2.33. The lowest BCUT2D eigenvalue weighted by Gasteiger charge is -2.13. The molecule has 0 atom stereocenters. The molecular formula is C10H6N4. The fourth-order valence-electron chi connectivity index (χ4n) is 1.28. The summed E-state index contributed by atoms with van der Waals surface area (Å²) < 4.78 is 0. The Morgan fingerprint density at radius 2 is 2.14 bits per heavy atom. The van der Waals surface area contributed by atoms with E-state index in [1.807, 2.05) is 6.07 Å². The van der Waals surface area contributed by atoms with Gasteiger partial charge in [-0.25, -0.2) is 4.98 Å². The largest absolute Gasteiger partial charge is 0.378 e. The summed E-state index contributed by atoms with van der Waals surface area (Å²) in [5, 5.41) is 20.4. The zero-order valence-corrected chi connectivity index (χ0v) is 7.28. The van der Waals surface area contributed by atoms with Crippen LogP contribution in [0.3, 0.4) is 0 Å². The Kier molecular flexibility index (Phi) is 1.89. The van der Waals surface area contributed by atoms with E-state index < -0.39 is 0 Å². The molecule has 0 aliphatic carbocycles. The van der Waals surface area contributed by atoms with E-state index in [9.17, 15) is 0 Å². The highest BCUT2D eigenvalue weighted by Gasteiger charge is 2.10. The van der Waals surface area contributed by atoms with Gasteiger partial charge in [-0.2, -0.15) is 10.5 Å². The van der Waals surface area contributed by atoms with Crippen molar-refractivity contribution in [2.24, 2.45) is 0 Å². The maximum absolute atomic E-state index is 8.69. The number of anilines is 1. The monoisotopic (exact) mass is 182 g/mol. The molecule has 0 spiro atoms. The first-order valence-electron chi connectivity index (χ1n) is 4.09. The van der Waals surface area contributed by atoms with E-state index in [0.717, 1.165) is 5.69 Å². The molecule has 1 aromatic rings. The summed E-state index contributed by atoms with van der Waals surface area (Å²) in [5.74, 6) is 0. The number of hydrogen-bond donors (Lipinski definition) is 1. The smallest absolute Gasteiger partial charge is 0.141 e. The van der Waals surface area contributed by atoms with Crippen LogP contribution in [0.25, 0.3) is 6.08 Å². The minimum Gasteiger partial charge on any atom is -0.378 e. The standard InChI is InChI=1S/C10H6N4/c11-4-7-3-10-9(13-6-7)2-1-8(5-12)14-10/h1-3,13H,6H2. The molecule has 0 saturated heterocycles. The molecular weight excluding hydrogens is 176 g/mol. The van der Waals surface area contributed by atoms with Crippen LogP contribution in [0.2, 0.25) is 0 Å². The van der Waals surface area contributed by atoms with E-state index in [4.69, 9.17) is 10.5 Å². The van der Waals surface area contributed by atoms with E-state index in [0.29, 0.717) is 23.5 Å². The fraction of sp³-hybridized carbons (Fsp3) is 0.100. The Morgan fingerprint density at radius 3 is 2.86 bits per heavy atom. The molecule has 1 aliphatic rings. The summed E-state index contributed by atoms with van der Waals surface area (Å²) >= 11 is 0. The topological polar surface area (TPSA) is 72.5 Å². The maximum atomic E-state index is 8.69. The van der Waals surface area contributed by atoms with Gasteiger partial charge in [0.25, 0.3) is 0 Å². The van der Waals surface area contributed by atoms with Crippen molar-refractivity contribution in [2.75, 3.05) is 11.9 Å². The third-order valence-electron chi connectivity index (χ3n) is 1.96. The fourth-order valence-corrected chi connectivity index (χ4v) is 1.28. The third-order valence-corrected chi connectivity index (χ3v) is 1.96. The van der Waals surface area contributed by atoms with Crippen molar-refractivity contribution in [3.8, 4) is 12.1 Å². The summed E-state index contributed by atoms with van der Waals surface area (Å²) in [5.41, 5.74) is 2.51. The average molecular weight is 182 g/mol. The molecule has 14 heavy (non-hydrogen) atoms. The van der Waals surface area contributed by atoms with Gasteiger partial charge < -0.3 is 5.32 Å². The van der Waals surface area contributed by atoms with Crippen LogP contribution in [0.4, 0.5) is 5.69 Å². The molecule has 0 amide bonds. The third kappa shape index (κ3) is 1.30. The molecule has 4 heteroatoms. The number of hydrogen-bond acceptors (Lipinski definition) is 4. The van der Waals surface area contributed by atoms with Crippen LogP contribution in [0, 0.1) is 22.7 Å². The molecule has 2 rings (SSSR count). The van der Waals surface area contributed by atoms with Gasteiger partial charge in [0, 0.05) is 0 Å². The molecule has 1 aromatic heterocycles. The van der Waals surface area contributed by atoms with Crippen molar-refractivity contribution < 1.29 is 0 Å². The second-order valence-electron chi connectivity index (χ2n) is 2.88. The number of nitriles is 2. The first-order valence-corrected chi connectivity index (χ1v) is 4.09. The zero-order valence-electron chi connectivity index (χ0n) is 7.28. The van der Waals surface area contributed by atoms with Crippen LogP contribution in [-0.4, -0.2) is 11.5 Å². The molecule has 0 radical (unpaired) electrons. The molecule has 0 fully saturated rings. The van der Waals surface area contributed by atoms with Gasteiger partial charge in [-0.15, -0.1) is 0 Å². The van der Waals surface area contributed by atoms with Crippen molar-refractivity contribution in [2.45, 2.75) is 0 Å². The summed E-state index contributed by atoms with van der Waals surface area (Å²) in [7, 11) is 0. The second-order valence-corrected chi connectivity index (χ2v) is 2.88. The maximum Gasteiger partial charge on any atom is 0.141 e. The van der Waals surface area contributed by atoms with Gasteiger partial charge in [0.2, 0.25) is 0 Å². The minimum absolute atomic E-state index is 0.362. The average Bonchev–Trinajstić information content (AvgIpc) is 2.27. The number of fused-ring (bicyclic) bond motifs is 1. The molecule has 0 bridgehead atoms. The molecule has 1 aliphatic heterocycles. The summed E-state index contributed by atoms with van der Waals surface area (Å²) in [6.45, 7) is 0.525. The molecule has 66 valence electrons. The van der Waals surface area contributed by atoms with Gasteiger partial charge in [0.1, 0.15) is 11.8 Å². The van der Waals surface area contributed by atoms with Crippen molar-refractivity contribution in [1.29, 1.82) is 10.5 Å². The highest BCUT2D eigenvalue weighted by Crippen LogP contribution is 2.21. The molecule has 0 saturated carbocycles. The number of nitrogens with one attached hydrogen (secondary N) is 1. The van der Waals surface area contributed by atoms with Crippen molar-refractivity contribution in [3.05, 3.63) is 29.1 Å². The molecule has 2 heterocycles. The SMILES string of the molecule is N#CC1=Cc2nc(C#N)ccc2NC1. The van der Waals surface area contributed by atoms with Gasteiger partial charge in [0.05, 0.1) is 29.6 Å². The number of rotatable bonds is 0. The number of aromatic nitrogens is 1. The van der Waals surface area contributed by atoms with E-state index in [-0.39, 0.29) is 0 Å². The Balaban J connectivity index is 2.52. The summed E-state index contributed by atoms with van der Waals surface area (Å²) in [6, 6.07) is 7.46. The molecule has 1 N–H and O–H groups in total. The highest BCUT2D eigenvalue weighted by atomic mass is 14.9. The van der Waals surface area contributed by atoms with E-state index in [1.54, 1.807) is 18.2 Å². The Labute approximate surface area is 81.1 Å². The first kappa shape index (κ1) is 8.28.